The topological polar surface area (TPSA) is 122 Å². The number of aromatic nitrogens is 4. The summed E-state index contributed by atoms with van der Waals surface area (Å²) in [6.45, 7) is 3.65. The molecular formula is C23H27N7O2. The molecule has 1 saturated heterocycles. The van der Waals surface area contributed by atoms with Crippen LogP contribution in [0.4, 0.5) is 17.3 Å². The van der Waals surface area contributed by atoms with Gasteiger partial charge in [-0.25, -0.2) is 14.8 Å². The van der Waals surface area contributed by atoms with Crippen LogP contribution >= 0.6 is 0 Å². The molecule has 9 heteroatoms. The molecule has 4 rings (SSSR count). The van der Waals surface area contributed by atoms with Gasteiger partial charge in [0.05, 0.1) is 0 Å². The van der Waals surface area contributed by atoms with Crippen molar-refractivity contribution in [3.05, 3.63) is 59.2 Å². The molecule has 1 fully saturated rings. The predicted molar refractivity (Wildman–Crippen MR) is 124 cm³/mol. The quantitative estimate of drug-likeness (QED) is 0.507. The number of nitrogens with zero attached hydrogens (tertiary/aromatic N) is 4. The number of H-pyrrole nitrogens is 1. The molecule has 0 spiro atoms. The Morgan fingerprint density at radius 2 is 1.97 bits per heavy atom. The molecule has 0 unspecified atom stereocenters. The van der Waals surface area contributed by atoms with E-state index < -0.39 is 5.97 Å². The maximum absolute atomic E-state index is 13.0. The van der Waals surface area contributed by atoms with Gasteiger partial charge in [-0.05, 0) is 38.5 Å². The van der Waals surface area contributed by atoms with Gasteiger partial charge in [0.2, 0.25) is 0 Å². The van der Waals surface area contributed by atoms with E-state index in [2.05, 4.69) is 37.4 Å². The van der Waals surface area contributed by atoms with Crippen molar-refractivity contribution in [2.24, 2.45) is 0 Å². The third-order valence-corrected chi connectivity index (χ3v) is 5.27. The number of likely N-dealkylation sites (tertiary alicyclic amines) is 1. The third-order valence-electron chi connectivity index (χ3n) is 5.27. The second-order valence-corrected chi connectivity index (χ2v) is 7.91. The van der Waals surface area contributed by atoms with E-state index in [0.717, 1.165) is 37.2 Å². The van der Waals surface area contributed by atoms with E-state index in [1.807, 2.05) is 49.4 Å². The summed E-state index contributed by atoms with van der Waals surface area (Å²) in [4.78, 5) is 24.1. The number of carbonyl (C=O) groups is 1. The van der Waals surface area contributed by atoms with E-state index in [9.17, 15) is 4.79 Å². The van der Waals surface area contributed by atoms with E-state index in [1.165, 1.54) is 0 Å². The standard InChI is InChI=1S/C23H27N7O2/c1-15-14-19(29-28-15)27-22-20(24)21(23(31)32-17-10-12-30(2)13-11-17)25-18(26-22)9-8-16-6-4-3-5-7-16/h3-9,14,17H,10-13,24H2,1-2H3,(H2,25,26,27,28,29). The molecule has 32 heavy (non-hydrogen) atoms. The number of benzene rings is 1. The van der Waals surface area contributed by atoms with E-state index in [0.29, 0.717) is 17.5 Å². The van der Waals surface area contributed by atoms with Crippen molar-refractivity contribution in [2.75, 3.05) is 31.2 Å². The minimum atomic E-state index is -0.546. The lowest BCUT2D eigenvalue weighted by atomic mass is 10.1. The van der Waals surface area contributed by atoms with Gasteiger partial charge in [-0.15, -0.1) is 0 Å². The van der Waals surface area contributed by atoms with Gasteiger partial charge in [-0.2, -0.15) is 5.10 Å². The molecule has 2 aromatic heterocycles. The van der Waals surface area contributed by atoms with Crippen molar-refractivity contribution in [3.63, 3.8) is 0 Å². The molecule has 9 nitrogen and oxygen atoms in total. The number of hydrogen-bond acceptors (Lipinski definition) is 8. The van der Waals surface area contributed by atoms with Crippen molar-refractivity contribution >= 4 is 35.4 Å². The molecule has 0 atom stereocenters. The molecule has 0 amide bonds. The number of aromatic amines is 1. The van der Waals surface area contributed by atoms with Crippen molar-refractivity contribution < 1.29 is 9.53 Å². The number of nitrogens with two attached hydrogens (primary N) is 1. The van der Waals surface area contributed by atoms with Crippen molar-refractivity contribution in [1.82, 2.24) is 25.1 Å². The second-order valence-electron chi connectivity index (χ2n) is 7.91. The Hall–Kier alpha value is -3.72. The van der Waals surface area contributed by atoms with Gasteiger partial charge in [-0.1, -0.05) is 36.4 Å². The number of hydrogen-bond donors (Lipinski definition) is 3. The molecule has 4 N–H and O–H groups in total. The van der Waals surface area contributed by atoms with Gasteiger partial charge in [0.15, 0.2) is 23.2 Å². The summed E-state index contributed by atoms with van der Waals surface area (Å²) in [6, 6.07) is 11.6. The Morgan fingerprint density at radius 1 is 1.22 bits per heavy atom. The first-order valence-corrected chi connectivity index (χ1v) is 10.6. The molecule has 1 aromatic carbocycles. The Morgan fingerprint density at radius 3 is 2.66 bits per heavy atom. The molecule has 0 bridgehead atoms. The highest BCUT2D eigenvalue weighted by molar-refractivity contribution is 5.96. The zero-order valence-corrected chi connectivity index (χ0v) is 18.2. The van der Waals surface area contributed by atoms with Crippen molar-refractivity contribution in [3.8, 4) is 0 Å². The lowest BCUT2D eigenvalue weighted by Crippen LogP contribution is -2.35. The van der Waals surface area contributed by atoms with Crippen LogP contribution in [0.3, 0.4) is 0 Å². The first-order valence-electron chi connectivity index (χ1n) is 10.6. The molecular weight excluding hydrogens is 406 g/mol. The average molecular weight is 434 g/mol. The molecule has 1 aliphatic rings. The van der Waals surface area contributed by atoms with Crippen LogP contribution < -0.4 is 11.1 Å². The number of carbonyl (C=O) groups excluding carboxylic acids is 1. The highest BCUT2D eigenvalue weighted by Crippen LogP contribution is 2.25. The molecule has 1 aliphatic heterocycles. The number of anilines is 3. The molecule has 3 heterocycles. The smallest absolute Gasteiger partial charge is 0.359 e. The first kappa shape index (κ1) is 21.5. The number of esters is 1. The Balaban J connectivity index is 1.63. The van der Waals surface area contributed by atoms with Crippen LogP contribution in [0.5, 0.6) is 0 Å². The van der Waals surface area contributed by atoms with Crippen molar-refractivity contribution in [2.45, 2.75) is 25.9 Å². The SMILES string of the molecule is Cc1cc(Nc2nc(C=Cc3ccccc3)nc(C(=O)OC3CCN(C)CC3)c2N)n[nH]1. The third kappa shape index (κ3) is 5.30. The molecule has 0 saturated carbocycles. The Labute approximate surface area is 186 Å². The Bertz CT molecular complexity index is 1100. The number of ether oxygens (including phenoxy) is 1. The molecule has 3 aromatic rings. The van der Waals surface area contributed by atoms with E-state index in [-0.39, 0.29) is 17.5 Å². The predicted octanol–water partition coefficient (Wildman–Crippen LogP) is 3.26. The van der Waals surface area contributed by atoms with Crippen molar-refractivity contribution in [1.29, 1.82) is 0 Å². The number of nitrogens with one attached hydrogen (secondary N) is 2. The Kier molecular flexibility index (Phi) is 6.46. The summed E-state index contributed by atoms with van der Waals surface area (Å²) >= 11 is 0. The fourth-order valence-corrected chi connectivity index (χ4v) is 3.46. The van der Waals surface area contributed by atoms with E-state index in [4.69, 9.17) is 10.5 Å². The lowest BCUT2D eigenvalue weighted by molar-refractivity contribution is 0.0134. The summed E-state index contributed by atoms with van der Waals surface area (Å²) in [5, 5.41) is 10.1. The van der Waals surface area contributed by atoms with Crippen LogP contribution in [0.25, 0.3) is 12.2 Å². The normalized spacial score (nSPS) is 15.2. The minimum Gasteiger partial charge on any atom is -0.457 e. The van der Waals surface area contributed by atoms with Gasteiger partial charge in [-0.3, -0.25) is 5.10 Å². The monoisotopic (exact) mass is 433 g/mol. The number of rotatable bonds is 6. The lowest BCUT2D eigenvalue weighted by Gasteiger charge is -2.28. The maximum Gasteiger partial charge on any atom is 0.359 e. The molecule has 0 radical (unpaired) electrons. The van der Waals surface area contributed by atoms with Crippen LogP contribution in [-0.2, 0) is 4.74 Å². The first-order chi connectivity index (χ1) is 15.5. The molecule has 0 aliphatic carbocycles. The van der Waals surface area contributed by atoms with Crippen LogP contribution in [0.2, 0.25) is 0 Å². The van der Waals surface area contributed by atoms with Gasteiger partial charge < -0.3 is 20.7 Å². The largest absolute Gasteiger partial charge is 0.457 e. The van der Waals surface area contributed by atoms with Gasteiger partial charge in [0.25, 0.3) is 0 Å². The fraction of sp³-hybridized carbons (Fsp3) is 0.304. The minimum absolute atomic E-state index is 0.0430. The number of piperidine rings is 1. The summed E-state index contributed by atoms with van der Waals surface area (Å²) in [6.07, 6.45) is 5.03. The van der Waals surface area contributed by atoms with Crippen LogP contribution in [-0.4, -0.2) is 57.3 Å². The van der Waals surface area contributed by atoms with Crippen LogP contribution in [0.1, 0.15) is 40.4 Å². The zero-order valence-electron chi connectivity index (χ0n) is 18.2. The van der Waals surface area contributed by atoms with E-state index >= 15 is 0 Å². The fourth-order valence-electron chi connectivity index (χ4n) is 3.46. The van der Waals surface area contributed by atoms with Gasteiger partial charge in [0.1, 0.15) is 11.8 Å². The number of aryl methyl sites for hydroxylation is 1. The highest BCUT2D eigenvalue weighted by Gasteiger charge is 2.25. The van der Waals surface area contributed by atoms with Gasteiger partial charge in [0, 0.05) is 24.8 Å². The van der Waals surface area contributed by atoms with Crippen LogP contribution in [0, 0.1) is 6.92 Å². The summed E-state index contributed by atoms with van der Waals surface area (Å²) < 4.78 is 5.72. The van der Waals surface area contributed by atoms with E-state index in [1.54, 1.807) is 6.08 Å². The second kappa shape index (κ2) is 9.61. The number of nitrogen functional groups attached to an aromatic ring is 1. The average Bonchev–Trinajstić information content (AvgIpc) is 3.21. The highest BCUT2D eigenvalue weighted by atomic mass is 16.5. The summed E-state index contributed by atoms with van der Waals surface area (Å²) in [5.41, 5.74) is 8.32. The van der Waals surface area contributed by atoms with Gasteiger partial charge >= 0.3 is 5.97 Å². The maximum atomic E-state index is 13.0. The summed E-state index contributed by atoms with van der Waals surface area (Å²) in [7, 11) is 2.06. The zero-order chi connectivity index (χ0) is 22.5. The summed E-state index contributed by atoms with van der Waals surface area (Å²) in [5.74, 6) is 0.637. The molecule has 166 valence electrons. The van der Waals surface area contributed by atoms with Crippen LogP contribution in [0.15, 0.2) is 36.4 Å².